The summed E-state index contributed by atoms with van der Waals surface area (Å²) in [5.41, 5.74) is 2.76. The van der Waals surface area contributed by atoms with Crippen LogP contribution in [0, 0.1) is 5.92 Å². The molecule has 4 N–H and O–H groups in total. The van der Waals surface area contributed by atoms with E-state index in [1.807, 2.05) is 112 Å². The molecule has 4 unspecified atom stereocenters. The summed E-state index contributed by atoms with van der Waals surface area (Å²) < 4.78 is 10.9. The maximum Gasteiger partial charge on any atom is 0.408 e. The molecule has 1 aromatic heterocycles. The van der Waals surface area contributed by atoms with Crippen LogP contribution < -0.4 is 16.0 Å². The Hall–Kier alpha value is -4.96. The van der Waals surface area contributed by atoms with E-state index in [4.69, 9.17) is 9.15 Å². The van der Waals surface area contributed by atoms with Crippen LogP contribution in [0.4, 0.5) is 4.79 Å². The molecule has 242 valence electrons. The van der Waals surface area contributed by atoms with Crippen LogP contribution in [0.1, 0.15) is 78.8 Å². The van der Waals surface area contributed by atoms with Crippen molar-refractivity contribution in [3.05, 3.63) is 126 Å². The molecule has 0 aliphatic heterocycles. The zero-order valence-electron chi connectivity index (χ0n) is 26.4. The average Bonchev–Trinajstić information content (AvgIpc) is 3.57. The number of nitrogens with zero attached hydrogens (tertiary/aromatic N) is 1. The number of rotatable bonds is 15. The van der Waals surface area contributed by atoms with E-state index in [1.54, 1.807) is 0 Å². The molecule has 10 nitrogen and oxygen atoms in total. The van der Waals surface area contributed by atoms with E-state index in [0.717, 1.165) is 16.7 Å². The molecule has 4 aromatic rings. The molecule has 3 aromatic carbocycles. The van der Waals surface area contributed by atoms with Gasteiger partial charge in [0.2, 0.25) is 11.8 Å². The summed E-state index contributed by atoms with van der Waals surface area (Å²) in [4.78, 5) is 43.5. The van der Waals surface area contributed by atoms with Crippen LogP contribution in [-0.2, 0) is 22.6 Å². The third kappa shape index (κ3) is 10.3. The van der Waals surface area contributed by atoms with Crippen LogP contribution in [0.3, 0.4) is 0 Å². The second kappa shape index (κ2) is 16.9. The molecular weight excluding hydrogens is 584 g/mol. The zero-order chi connectivity index (χ0) is 32.9. The van der Waals surface area contributed by atoms with Crippen LogP contribution in [0.25, 0.3) is 0 Å². The van der Waals surface area contributed by atoms with Gasteiger partial charge in [-0.05, 0) is 48.8 Å². The number of benzene rings is 3. The van der Waals surface area contributed by atoms with Gasteiger partial charge < -0.3 is 30.2 Å². The Morgan fingerprint density at radius 1 is 0.826 bits per heavy atom. The van der Waals surface area contributed by atoms with E-state index >= 15 is 0 Å². The quantitative estimate of drug-likeness (QED) is 0.133. The lowest BCUT2D eigenvalue weighted by atomic mass is 9.99. The number of aliphatic hydroxyl groups excluding tert-OH is 1. The van der Waals surface area contributed by atoms with E-state index in [2.05, 4.69) is 20.9 Å². The van der Waals surface area contributed by atoms with Gasteiger partial charge in [0.15, 0.2) is 11.8 Å². The lowest BCUT2D eigenvalue weighted by Gasteiger charge is -2.26. The molecule has 3 amide bonds. The zero-order valence-corrected chi connectivity index (χ0v) is 26.4. The van der Waals surface area contributed by atoms with Gasteiger partial charge in [-0.25, -0.2) is 9.78 Å². The number of aromatic nitrogens is 1. The highest BCUT2D eigenvalue weighted by molar-refractivity contribution is 5.92. The van der Waals surface area contributed by atoms with Crippen LogP contribution in [-0.4, -0.2) is 40.1 Å². The molecule has 0 spiro atoms. The summed E-state index contributed by atoms with van der Waals surface area (Å²) >= 11 is 0. The highest BCUT2D eigenvalue weighted by Gasteiger charge is 2.31. The van der Waals surface area contributed by atoms with Crippen molar-refractivity contribution in [1.82, 2.24) is 20.9 Å². The van der Waals surface area contributed by atoms with Crippen molar-refractivity contribution in [3.8, 4) is 0 Å². The lowest BCUT2D eigenvalue weighted by Crippen LogP contribution is -2.51. The normalized spacial score (nSPS) is 13.7. The summed E-state index contributed by atoms with van der Waals surface area (Å²) in [5, 5.41) is 19.9. The monoisotopic (exact) mass is 626 g/mol. The number of oxazole rings is 1. The first-order chi connectivity index (χ1) is 22.2. The lowest BCUT2D eigenvalue weighted by molar-refractivity contribution is -0.125. The molecule has 0 fully saturated rings. The van der Waals surface area contributed by atoms with Crippen LogP contribution in [0.2, 0.25) is 0 Å². The maximum absolute atomic E-state index is 13.6. The average molecular weight is 627 g/mol. The Labute approximate surface area is 269 Å². The van der Waals surface area contributed by atoms with Crippen molar-refractivity contribution in [1.29, 1.82) is 0 Å². The second-order valence-corrected chi connectivity index (χ2v) is 11.6. The Morgan fingerprint density at radius 3 is 2.07 bits per heavy atom. The summed E-state index contributed by atoms with van der Waals surface area (Å²) in [6, 6.07) is 26.4. The number of alkyl carbamates (subject to hydrolysis) is 1. The Balaban J connectivity index is 1.46. The number of hydrogen-bond acceptors (Lipinski definition) is 7. The molecule has 46 heavy (non-hydrogen) atoms. The molecule has 4 rings (SSSR count). The first kappa shape index (κ1) is 33.9. The smallest absolute Gasteiger partial charge is 0.408 e. The number of carbonyl (C=O) groups excluding carboxylic acids is 3. The van der Waals surface area contributed by atoms with Crippen molar-refractivity contribution >= 4 is 17.9 Å². The summed E-state index contributed by atoms with van der Waals surface area (Å²) in [6.07, 6.45) is 0.306. The summed E-state index contributed by atoms with van der Waals surface area (Å²) in [6.45, 7) is 5.80. The second-order valence-electron chi connectivity index (χ2n) is 11.6. The summed E-state index contributed by atoms with van der Waals surface area (Å²) in [5.74, 6) is -0.974. The molecule has 0 aliphatic carbocycles. The van der Waals surface area contributed by atoms with E-state index in [1.165, 1.54) is 6.26 Å². The van der Waals surface area contributed by atoms with Crippen molar-refractivity contribution in [2.75, 3.05) is 0 Å². The molecule has 0 saturated carbocycles. The molecular formula is C36H42N4O6. The number of aryl methyl sites for hydroxylation is 1. The van der Waals surface area contributed by atoms with Crippen molar-refractivity contribution in [2.45, 2.75) is 70.9 Å². The Bertz CT molecular complexity index is 1530. The van der Waals surface area contributed by atoms with Crippen molar-refractivity contribution in [2.24, 2.45) is 5.92 Å². The van der Waals surface area contributed by atoms with Gasteiger partial charge in [0.1, 0.15) is 18.9 Å². The number of hydrogen-bond donors (Lipinski definition) is 4. The number of aliphatic hydroxyl groups is 1. The molecule has 0 bridgehead atoms. The molecule has 0 saturated heterocycles. The molecule has 4 atom stereocenters. The van der Waals surface area contributed by atoms with Gasteiger partial charge in [0, 0.05) is 0 Å². The number of carbonyl (C=O) groups is 3. The maximum atomic E-state index is 13.6. The largest absolute Gasteiger partial charge is 0.445 e. The van der Waals surface area contributed by atoms with Gasteiger partial charge in [-0.2, -0.15) is 0 Å². The number of amides is 3. The predicted molar refractivity (Wildman–Crippen MR) is 173 cm³/mol. The molecule has 1 heterocycles. The topological polar surface area (TPSA) is 143 Å². The highest BCUT2D eigenvalue weighted by Crippen LogP contribution is 2.22. The van der Waals surface area contributed by atoms with E-state index in [-0.39, 0.29) is 30.2 Å². The number of nitrogens with one attached hydrogen (secondary N) is 3. The van der Waals surface area contributed by atoms with E-state index in [0.29, 0.717) is 19.3 Å². The highest BCUT2D eigenvalue weighted by atomic mass is 16.5. The van der Waals surface area contributed by atoms with Gasteiger partial charge in [0.25, 0.3) is 5.91 Å². The molecule has 0 aliphatic rings. The van der Waals surface area contributed by atoms with E-state index in [9.17, 15) is 19.5 Å². The number of ether oxygens (including phenoxy) is 1. The van der Waals surface area contributed by atoms with E-state index < -0.39 is 36.1 Å². The fourth-order valence-corrected chi connectivity index (χ4v) is 4.96. The van der Waals surface area contributed by atoms with Crippen molar-refractivity contribution in [3.63, 3.8) is 0 Å². The minimum atomic E-state index is -1.37. The summed E-state index contributed by atoms with van der Waals surface area (Å²) in [7, 11) is 0. The van der Waals surface area contributed by atoms with Gasteiger partial charge in [-0.3, -0.25) is 9.59 Å². The third-order valence-corrected chi connectivity index (χ3v) is 7.48. The van der Waals surface area contributed by atoms with Gasteiger partial charge in [0.05, 0.1) is 12.1 Å². The first-order valence-corrected chi connectivity index (χ1v) is 15.5. The van der Waals surface area contributed by atoms with Crippen LogP contribution >= 0.6 is 0 Å². The van der Waals surface area contributed by atoms with Gasteiger partial charge in [-0.15, -0.1) is 0 Å². The predicted octanol–water partition coefficient (Wildman–Crippen LogP) is 5.66. The minimum Gasteiger partial charge on any atom is -0.445 e. The minimum absolute atomic E-state index is 0.00507. The van der Waals surface area contributed by atoms with Crippen molar-refractivity contribution < 1.29 is 28.6 Å². The molecule has 0 radical (unpaired) electrons. The SMILES string of the molecule is CC(C)CC(NC(=O)OCc1ccccc1)C(=O)NC(CCc1ccccc1)C(O)c1nc(C(=O)NC(C)c2ccccc2)co1. The van der Waals surface area contributed by atoms with Crippen LogP contribution in [0.15, 0.2) is 102 Å². The Morgan fingerprint density at radius 2 is 1.43 bits per heavy atom. The third-order valence-electron chi connectivity index (χ3n) is 7.48. The molecule has 10 heteroatoms. The fourth-order valence-electron chi connectivity index (χ4n) is 4.96. The fraction of sp³-hybridized carbons (Fsp3) is 0.333. The Kier molecular flexibility index (Phi) is 12.5. The van der Waals surface area contributed by atoms with Gasteiger partial charge in [-0.1, -0.05) is 105 Å². The van der Waals surface area contributed by atoms with Crippen LogP contribution in [0.5, 0.6) is 0 Å². The standard InChI is InChI=1S/C36H42N4O6/c1-24(2)21-30(40-36(44)46-22-27-15-9-5-10-16-27)33(42)38-29(20-19-26-13-7-4-8-14-26)32(41)35-39-31(23-45-35)34(43)37-25(3)28-17-11-6-12-18-28/h4-18,23-25,29-30,32,41H,19-22H2,1-3H3,(H,37,43)(H,38,42)(H,40,44). The van der Waals surface area contributed by atoms with Gasteiger partial charge >= 0.3 is 6.09 Å². The first-order valence-electron chi connectivity index (χ1n) is 15.5.